The molecule has 1 amide bonds. The van der Waals surface area contributed by atoms with E-state index in [4.69, 9.17) is 0 Å². The van der Waals surface area contributed by atoms with Crippen molar-refractivity contribution in [2.24, 2.45) is 0 Å². The maximum absolute atomic E-state index is 13.2. The summed E-state index contributed by atoms with van der Waals surface area (Å²) in [6.07, 6.45) is 1.91. The molecule has 0 unspecified atom stereocenters. The number of carbonyl (C=O) groups is 1. The molecule has 0 atom stereocenters. The number of amides is 1. The molecule has 3 nitrogen and oxygen atoms in total. The fourth-order valence-electron chi connectivity index (χ4n) is 2.37. The molecule has 1 saturated heterocycles. The summed E-state index contributed by atoms with van der Waals surface area (Å²) in [6.45, 7) is 3.71. The number of benzene rings is 1. The van der Waals surface area contributed by atoms with Crippen LogP contribution >= 0.6 is 0 Å². The number of piperidine rings is 1. The molecule has 0 aliphatic carbocycles. The normalized spacial score (nSPS) is 16.6. The van der Waals surface area contributed by atoms with Gasteiger partial charge in [-0.25, -0.2) is 4.39 Å². The first-order valence-electron chi connectivity index (χ1n) is 6.33. The van der Waals surface area contributed by atoms with Crippen LogP contribution in [0, 0.1) is 12.7 Å². The predicted molar refractivity (Wildman–Crippen MR) is 69.1 cm³/mol. The molecule has 4 heteroatoms. The molecular formula is C14H19FN2O. The number of rotatable bonds is 2. The summed E-state index contributed by atoms with van der Waals surface area (Å²) in [5.74, 6) is -0.443. The van der Waals surface area contributed by atoms with E-state index in [-0.39, 0.29) is 17.8 Å². The molecule has 1 aliphatic rings. The Labute approximate surface area is 107 Å². The Hall–Kier alpha value is -1.42. The van der Waals surface area contributed by atoms with E-state index in [9.17, 15) is 9.18 Å². The minimum Gasteiger partial charge on any atom is -0.339 e. The first kappa shape index (κ1) is 13.0. The third kappa shape index (κ3) is 2.70. The molecule has 0 radical (unpaired) electrons. The van der Waals surface area contributed by atoms with Crippen molar-refractivity contribution < 1.29 is 9.18 Å². The van der Waals surface area contributed by atoms with E-state index in [0.29, 0.717) is 5.56 Å². The van der Waals surface area contributed by atoms with Crippen LogP contribution in [-0.4, -0.2) is 37.0 Å². The highest BCUT2D eigenvalue weighted by molar-refractivity contribution is 5.95. The Bertz CT molecular complexity index is 441. The van der Waals surface area contributed by atoms with Gasteiger partial charge in [-0.2, -0.15) is 0 Å². The number of nitrogens with zero attached hydrogens (tertiary/aromatic N) is 1. The van der Waals surface area contributed by atoms with Crippen molar-refractivity contribution in [2.45, 2.75) is 25.8 Å². The van der Waals surface area contributed by atoms with Gasteiger partial charge in [-0.3, -0.25) is 4.79 Å². The molecule has 0 aromatic heterocycles. The van der Waals surface area contributed by atoms with E-state index in [0.717, 1.165) is 31.5 Å². The second-order valence-electron chi connectivity index (χ2n) is 4.86. The molecule has 18 heavy (non-hydrogen) atoms. The number of carbonyl (C=O) groups excluding carboxylic acids is 1. The van der Waals surface area contributed by atoms with Crippen LogP contribution in [0.4, 0.5) is 4.39 Å². The SMILES string of the molecule is Cc1ccc(F)cc1C(=O)N(C)C1CCNCC1. The lowest BCUT2D eigenvalue weighted by Crippen LogP contribution is -2.44. The van der Waals surface area contributed by atoms with Gasteiger partial charge in [-0.1, -0.05) is 6.07 Å². The van der Waals surface area contributed by atoms with Crippen molar-refractivity contribution >= 4 is 5.91 Å². The summed E-state index contributed by atoms with van der Waals surface area (Å²) >= 11 is 0. The molecular weight excluding hydrogens is 231 g/mol. The number of hydrogen-bond acceptors (Lipinski definition) is 2. The third-order valence-corrected chi connectivity index (χ3v) is 3.61. The minimum absolute atomic E-state index is 0.0844. The highest BCUT2D eigenvalue weighted by Gasteiger charge is 2.23. The molecule has 1 N–H and O–H groups in total. The molecule has 1 heterocycles. The van der Waals surface area contributed by atoms with Gasteiger partial charge in [0, 0.05) is 18.7 Å². The van der Waals surface area contributed by atoms with Crippen molar-refractivity contribution in [3.63, 3.8) is 0 Å². The van der Waals surface area contributed by atoms with Gasteiger partial charge in [0.1, 0.15) is 5.82 Å². The molecule has 0 spiro atoms. The highest BCUT2D eigenvalue weighted by Crippen LogP contribution is 2.17. The van der Waals surface area contributed by atoms with E-state index in [1.54, 1.807) is 11.0 Å². The summed E-state index contributed by atoms with van der Waals surface area (Å²) < 4.78 is 13.2. The van der Waals surface area contributed by atoms with Crippen molar-refractivity contribution in [1.29, 1.82) is 0 Å². The molecule has 1 aromatic rings. The van der Waals surface area contributed by atoms with Crippen LogP contribution in [0.1, 0.15) is 28.8 Å². The van der Waals surface area contributed by atoms with Crippen molar-refractivity contribution in [3.05, 3.63) is 35.1 Å². The van der Waals surface area contributed by atoms with Crippen molar-refractivity contribution in [1.82, 2.24) is 10.2 Å². The lowest BCUT2D eigenvalue weighted by atomic mass is 10.0. The van der Waals surface area contributed by atoms with Crippen LogP contribution in [-0.2, 0) is 0 Å². The van der Waals surface area contributed by atoms with Crippen molar-refractivity contribution in [3.8, 4) is 0 Å². The highest BCUT2D eigenvalue weighted by atomic mass is 19.1. The number of halogens is 1. The van der Waals surface area contributed by atoms with Gasteiger partial charge in [0.15, 0.2) is 0 Å². The van der Waals surface area contributed by atoms with E-state index in [1.165, 1.54) is 12.1 Å². The fourth-order valence-corrected chi connectivity index (χ4v) is 2.37. The van der Waals surface area contributed by atoms with E-state index in [1.807, 2.05) is 14.0 Å². The van der Waals surface area contributed by atoms with Crippen LogP contribution in [0.5, 0.6) is 0 Å². The van der Waals surface area contributed by atoms with E-state index in [2.05, 4.69) is 5.32 Å². The lowest BCUT2D eigenvalue weighted by Gasteiger charge is -2.32. The monoisotopic (exact) mass is 250 g/mol. The Balaban J connectivity index is 2.16. The first-order chi connectivity index (χ1) is 8.59. The van der Waals surface area contributed by atoms with E-state index >= 15 is 0 Å². The van der Waals surface area contributed by atoms with Crippen LogP contribution < -0.4 is 5.32 Å². The maximum atomic E-state index is 13.2. The van der Waals surface area contributed by atoms with Gasteiger partial charge in [-0.05, 0) is 50.6 Å². The maximum Gasteiger partial charge on any atom is 0.254 e. The summed E-state index contributed by atoms with van der Waals surface area (Å²) in [5.41, 5.74) is 1.29. The minimum atomic E-state index is -0.359. The average molecular weight is 250 g/mol. The fraction of sp³-hybridized carbons (Fsp3) is 0.500. The topological polar surface area (TPSA) is 32.3 Å². The standard InChI is InChI=1S/C14H19FN2O/c1-10-3-4-11(15)9-13(10)14(18)17(2)12-5-7-16-8-6-12/h3-4,9,12,16H,5-8H2,1-2H3. The van der Waals surface area contributed by atoms with Gasteiger partial charge in [0.05, 0.1) is 0 Å². The number of aryl methyl sites for hydroxylation is 1. The van der Waals surface area contributed by atoms with Gasteiger partial charge < -0.3 is 10.2 Å². The zero-order chi connectivity index (χ0) is 13.1. The Kier molecular flexibility index (Phi) is 3.97. The Morgan fingerprint density at radius 1 is 1.39 bits per heavy atom. The van der Waals surface area contributed by atoms with E-state index < -0.39 is 0 Å². The molecule has 1 aliphatic heterocycles. The summed E-state index contributed by atoms with van der Waals surface area (Å²) in [4.78, 5) is 14.1. The summed E-state index contributed by atoms with van der Waals surface area (Å²) in [7, 11) is 1.81. The van der Waals surface area contributed by atoms with Gasteiger partial charge in [0.25, 0.3) is 5.91 Å². The zero-order valence-electron chi connectivity index (χ0n) is 10.9. The summed E-state index contributed by atoms with van der Waals surface area (Å²) in [5, 5.41) is 3.27. The van der Waals surface area contributed by atoms with Crippen molar-refractivity contribution in [2.75, 3.05) is 20.1 Å². The largest absolute Gasteiger partial charge is 0.339 e. The van der Waals surface area contributed by atoms with Crippen LogP contribution in [0.3, 0.4) is 0 Å². The quantitative estimate of drug-likeness (QED) is 0.870. The zero-order valence-corrected chi connectivity index (χ0v) is 10.9. The number of hydrogen-bond donors (Lipinski definition) is 1. The Morgan fingerprint density at radius 3 is 2.72 bits per heavy atom. The first-order valence-corrected chi connectivity index (χ1v) is 6.33. The molecule has 0 bridgehead atoms. The summed E-state index contributed by atoms with van der Waals surface area (Å²) in [6, 6.07) is 4.62. The molecule has 1 aromatic carbocycles. The third-order valence-electron chi connectivity index (χ3n) is 3.61. The van der Waals surface area contributed by atoms with Crippen LogP contribution in [0.15, 0.2) is 18.2 Å². The Morgan fingerprint density at radius 2 is 2.06 bits per heavy atom. The second-order valence-corrected chi connectivity index (χ2v) is 4.86. The smallest absolute Gasteiger partial charge is 0.254 e. The van der Waals surface area contributed by atoms with Crippen LogP contribution in [0.2, 0.25) is 0 Å². The van der Waals surface area contributed by atoms with Gasteiger partial charge >= 0.3 is 0 Å². The molecule has 1 fully saturated rings. The molecule has 0 saturated carbocycles. The number of nitrogens with one attached hydrogen (secondary N) is 1. The van der Waals surface area contributed by atoms with Crippen LogP contribution in [0.25, 0.3) is 0 Å². The average Bonchev–Trinajstić information content (AvgIpc) is 2.41. The second kappa shape index (κ2) is 5.48. The lowest BCUT2D eigenvalue weighted by molar-refractivity contribution is 0.0702. The van der Waals surface area contributed by atoms with Gasteiger partial charge in [0.2, 0.25) is 0 Å². The van der Waals surface area contributed by atoms with Gasteiger partial charge in [-0.15, -0.1) is 0 Å². The molecule has 98 valence electrons. The predicted octanol–water partition coefficient (Wildman–Crippen LogP) is 1.96. The molecule has 2 rings (SSSR count).